The number of carboxylic acid groups (broad SMARTS) is 1. The summed E-state index contributed by atoms with van der Waals surface area (Å²) in [6.07, 6.45) is 11.6. The molecule has 0 aromatic carbocycles. The van der Waals surface area contributed by atoms with Gasteiger partial charge in [0.15, 0.2) is 0 Å². The lowest BCUT2D eigenvalue weighted by Gasteiger charge is -2.35. The third kappa shape index (κ3) is 9.66. The van der Waals surface area contributed by atoms with Crippen LogP contribution in [0.3, 0.4) is 0 Å². The summed E-state index contributed by atoms with van der Waals surface area (Å²) in [5, 5.41) is 18.6. The number of amides is 1. The number of hydrogen-bond acceptors (Lipinski definition) is 9. The number of carboxylic acids is 1. The van der Waals surface area contributed by atoms with Crippen LogP contribution in [-0.2, 0) is 25.7 Å². The minimum Gasteiger partial charge on any atom is -0.481 e. The van der Waals surface area contributed by atoms with Crippen molar-refractivity contribution in [3.63, 3.8) is 0 Å². The van der Waals surface area contributed by atoms with Gasteiger partial charge < -0.3 is 14.7 Å². The summed E-state index contributed by atoms with van der Waals surface area (Å²) in [5.41, 5.74) is 0.921. The number of pyridine rings is 1. The first-order valence-corrected chi connectivity index (χ1v) is 17.4. The van der Waals surface area contributed by atoms with Crippen molar-refractivity contribution in [1.29, 1.82) is 5.26 Å². The SMILES string of the molecule is CCCn1c(N2CCC(C(=O)OCC)CC2)c(/C=C2\SC(=S)N(CCCCCCCCCCC(=O)O)C2=O)c(C)c(C#N)c1=O. The highest BCUT2D eigenvalue weighted by Crippen LogP contribution is 2.37. The lowest BCUT2D eigenvalue weighted by atomic mass is 9.95. The van der Waals surface area contributed by atoms with Crippen LogP contribution in [0.1, 0.15) is 108 Å². The number of carbonyl (C=O) groups is 3. The molecule has 0 spiro atoms. The number of thioether (sulfide) groups is 1. The van der Waals surface area contributed by atoms with Gasteiger partial charge in [0.2, 0.25) is 0 Å². The van der Waals surface area contributed by atoms with E-state index in [1.165, 1.54) is 11.8 Å². The maximum Gasteiger partial charge on any atom is 0.309 e. The van der Waals surface area contributed by atoms with E-state index in [4.69, 9.17) is 22.1 Å². The second-order valence-electron chi connectivity index (χ2n) is 11.6. The van der Waals surface area contributed by atoms with Crippen LogP contribution < -0.4 is 10.5 Å². The fraction of sp³-hybridized carbons (Fsp3) is 0.636. The topological polar surface area (TPSA) is 133 Å². The van der Waals surface area contributed by atoms with Crippen molar-refractivity contribution in [2.24, 2.45) is 5.92 Å². The van der Waals surface area contributed by atoms with Crippen LogP contribution in [0.4, 0.5) is 5.82 Å². The molecule has 0 aliphatic carbocycles. The fourth-order valence-corrected chi connectivity index (χ4v) is 7.22. The molecule has 0 saturated carbocycles. The van der Waals surface area contributed by atoms with E-state index in [1.54, 1.807) is 29.4 Å². The van der Waals surface area contributed by atoms with E-state index in [9.17, 15) is 24.4 Å². The van der Waals surface area contributed by atoms with E-state index in [2.05, 4.69) is 11.0 Å². The van der Waals surface area contributed by atoms with Crippen molar-refractivity contribution in [3.8, 4) is 6.07 Å². The van der Waals surface area contributed by atoms with Gasteiger partial charge >= 0.3 is 11.9 Å². The Bertz CT molecular complexity index is 1370. The molecule has 1 amide bonds. The summed E-state index contributed by atoms with van der Waals surface area (Å²) in [5.74, 6) is -0.627. The lowest BCUT2D eigenvalue weighted by molar-refractivity contribution is -0.148. The molecule has 1 aromatic rings. The van der Waals surface area contributed by atoms with Crippen LogP contribution in [0, 0.1) is 24.2 Å². The molecule has 0 unspecified atom stereocenters. The van der Waals surface area contributed by atoms with Crippen molar-refractivity contribution >= 4 is 58.0 Å². The number of aromatic nitrogens is 1. The van der Waals surface area contributed by atoms with Gasteiger partial charge in [-0.3, -0.25) is 28.6 Å². The van der Waals surface area contributed by atoms with Gasteiger partial charge in [-0.05, 0) is 57.6 Å². The fourth-order valence-electron chi connectivity index (χ4n) is 5.93. The molecule has 3 rings (SSSR count). The van der Waals surface area contributed by atoms with Gasteiger partial charge in [0.1, 0.15) is 21.8 Å². The molecular weight excluding hydrogens is 613 g/mol. The Morgan fingerprint density at radius 1 is 1.04 bits per heavy atom. The summed E-state index contributed by atoms with van der Waals surface area (Å²) in [4.78, 5) is 54.2. The maximum atomic E-state index is 13.6. The molecule has 1 N–H and O–H groups in total. The molecule has 2 saturated heterocycles. The largest absolute Gasteiger partial charge is 0.481 e. The van der Waals surface area contributed by atoms with Gasteiger partial charge in [0.05, 0.1) is 17.4 Å². The van der Waals surface area contributed by atoms with Gasteiger partial charge in [-0.25, -0.2) is 0 Å². The minimum atomic E-state index is -0.740. The quantitative estimate of drug-likeness (QED) is 0.0918. The standard InChI is InChI=1S/C33H46N4O6S2/c1-4-17-36-29(35-19-15-24(16-20-35)32(42)43-5-2)25(23(3)26(22-34)30(36)40)21-27-31(41)37(33(44)45-27)18-13-11-9-7-6-8-10-12-14-28(38)39/h21,24H,4-20H2,1-3H3,(H,38,39)/b27-21-. The van der Waals surface area contributed by atoms with E-state index < -0.39 is 5.97 Å². The molecular formula is C33H46N4O6S2. The molecule has 2 aliphatic rings. The number of unbranched alkanes of at least 4 members (excludes halogenated alkanes) is 7. The third-order valence-corrected chi connectivity index (χ3v) is 9.76. The summed E-state index contributed by atoms with van der Waals surface area (Å²) < 4.78 is 7.39. The highest BCUT2D eigenvalue weighted by Gasteiger charge is 2.34. The Morgan fingerprint density at radius 3 is 2.24 bits per heavy atom. The van der Waals surface area contributed by atoms with Crippen molar-refractivity contribution in [3.05, 3.63) is 31.9 Å². The van der Waals surface area contributed by atoms with E-state index in [0.717, 1.165) is 51.4 Å². The molecule has 2 aliphatic heterocycles. The number of aliphatic carboxylic acids is 1. The number of rotatable bonds is 17. The molecule has 45 heavy (non-hydrogen) atoms. The molecule has 12 heteroatoms. The number of esters is 1. The van der Waals surface area contributed by atoms with Gasteiger partial charge in [0.25, 0.3) is 11.5 Å². The Hall–Kier alpha value is -3.17. The monoisotopic (exact) mass is 658 g/mol. The number of hydrogen-bond donors (Lipinski definition) is 1. The summed E-state index contributed by atoms with van der Waals surface area (Å²) in [7, 11) is 0. The van der Waals surface area contributed by atoms with Crippen LogP contribution in [0.15, 0.2) is 9.70 Å². The molecule has 2 fully saturated rings. The smallest absolute Gasteiger partial charge is 0.309 e. The minimum absolute atomic E-state index is 0.0669. The van der Waals surface area contributed by atoms with Gasteiger partial charge in [-0.15, -0.1) is 0 Å². The zero-order valence-electron chi connectivity index (χ0n) is 26.8. The van der Waals surface area contributed by atoms with Gasteiger partial charge in [0, 0.05) is 38.2 Å². The molecule has 246 valence electrons. The highest BCUT2D eigenvalue weighted by atomic mass is 32.2. The second kappa shape index (κ2) is 18.1. The van der Waals surface area contributed by atoms with E-state index in [1.807, 2.05) is 6.92 Å². The van der Waals surface area contributed by atoms with Crippen molar-refractivity contribution in [2.75, 3.05) is 31.1 Å². The van der Waals surface area contributed by atoms with Gasteiger partial charge in [-0.2, -0.15) is 5.26 Å². The zero-order valence-corrected chi connectivity index (χ0v) is 28.4. The van der Waals surface area contributed by atoms with Crippen molar-refractivity contribution in [1.82, 2.24) is 9.47 Å². The number of ether oxygens (including phenoxy) is 1. The van der Waals surface area contributed by atoms with E-state index in [-0.39, 0.29) is 35.3 Å². The highest BCUT2D eigenvalue weighted by molar-refractivity contribution is 8.26. The molecule has 0 bridgehead atoms. The summed E-state index contributed by atoms with van der Waals surface area (Å²) in [6, 6.07) is 2.09. The van der Waals surface area contributed by atoms with Crippen LogP contribution in [-0.4, -0.2) is 63.0 Å². The maximum absolute atomic E-state index is 13.6. The summed E-state index contributed by atoms with van der Waals surface area (Å²) in [6.45, 7) is 7.90. The zero-order chi connectivity index (χ0) is 32.9. The Morgan fingerprint density at radius 2 is 1.67 bits per heavy atom. The Labute approximate surface area is 275 Å². The molecule has 1 aromatic heterocycles. The lowest BCUT2D eigenvalue weighted by Crippen LogP contribution is -2.41. The molecule has 0 atom stereocenters. The predicted molar refractivity (Wildman–Crippen MR) is 181 cm³/mol. The number of nitrogens with zero attached hydrogens (tertiary/aromatic N) is 4. The van der Waals surface area contributed by atoms with Crippen LogP contribution in [0.5, 0.6) is 0 Å². The molecule has 0 radical (unpaired) electrons. The van der Waals surface area contributed by atoms with Gasteiger partial charge in [-0.1, -0.05) is 69.4 Å². The van der Waals surface area contributed by atoms with Crippen LogP contribution in [0.2, 0.25) is 0 Å². The van der Waals surface area contributed by atoms with Crippen molar-refractivity contribution < 1.29 is 24.2 Å². The number of piperidine rings is 1. The second-order valence-corrected chi connectivity index (χ2v) is 13.3. The third-order valence-electron chi connectivity index (χ3n) is 8.38. The number of anilines is 1. The number of nitriles is 1. The average Bonchev–Trinajstić information content (AvgIpc) is 3.28. The average molecular weight is 659 g/mol. The van der Waals surface area contributed by atoms with E-state index in [0.29, 0.717) is 78.2 Å². The number of thiocarbonyl (C=S) groups is 1. The normalized spacial score (nSPS) is 16.4. The molecule has 3 heterocycles. The first kappa shape index (κ1) is 36.3. The van der Waals surface area contributed by atoms with E-state index >= 15 is 0 Å². The molecule has 10 nitrogen and oxygen atoms in total. The van der Waals surface area contributed by atoms with Crippen LogP contribution in [0.25, 0.3) is 6.08 Å². The Balaban J connectivity index is 1.75. The first-order chi connectivity index (χ1) is 21.6. The Kier molecular flexibility index (Phi) is 14.6. The predicted octanol–water partition coefficient (Wildman–Crippen LogP) is 6.01. The first-order valence-electron chi connectivity index (χ1n) is 16.2. The number of carbonyl (C=O) groups excluding carboxylic acids is 2. The van der Waals surface area contributed by atoms with Crippen LogP contribution >= 0.6 is 24.0 Å². The summed E-state index contributed by atoms with van der Waals surface area (Å²) >= 11 is 6.85. The van der Waals surface area contributed by atoms with Crippen molar-refractivity contribution in [2.45, 2.75) is 104 Å².